The van der Waals surface area contributed by atoms with Gasteiger partial charge in [-0.25, -0.2) is 0 Å². The van der Waals surface area contributed by atoms with Gasteiger partial charge in [-0.3, -0.25) is 4.99 Å². The molecule has 1 aromatic rings. The summed E-state index contributed by atoms with van der Waals surface area (Å²) in [6, 6.07) is 4.84. The first-order chi connectivity index (χ1) is 10.8. The molecule has 2 aliphatic rings. The molecule has 2 heterocycles. The molecule has 1 unspecified atom stereocenters. The van der Waals surface area contributed by atoms with Crippen molar-refractivity contribution in [3.63, 3.8) is 0 Å². The maximum atomic E-state index is 5.35. The molecule has 1 saturated heterocycles. The maximum Gasteiger partial charge on any atom is 0.191 e. The van der Waals surface area contributed by atoms with E-state index in [1.807, 2.05) is 12.1 Å². The Bertz CT molecular complexity index is 473. The lowest BCUT2D eigenvalue weighted by Crippen LogP contribution is -2.38. The maximum absolute atomic E-state index is 5.35. The van der Waals surface area contributed by atoms with Gasteiger partial charge in [0.05, 0.1) is 6.26 Å². The number of nitrogens with zero attached hydrogens (tertiary/aromatic N) is 2. The Labute approximate surface area is 156 Å². The van der Waals surface area contributed by atoms with Gasteiger partial charge in [-0.15, -0.1) is 24.0 Å². The van der Waals surface area contributed by atoms with Crippen molar-refractivity contribution in [3.8, 4) is 0 Å². The number of halogens is 1. The van der Waals surface area contributed by atoms with Crippen LogP contribution in [0.2, 0.25) is 0 Å². The summed E-state index contributed by atoms with van der Waals surface area (Å²) in [5.74, 6) is 2.67. The van der Waals surface area contributed by atoms with Crippen LogP contribution in [0.3, 0.4) is 0 Å². The van der Waals surface area contributed by atoms with Crippen LogP contribution in [0.15, 0.2) is 27.8 Å². The molecule has 1 aliphatic carbocycles. The minimum Gasteiger partial charge on any atom is -0.469 e. The van der Waals surface area contributed by atoms with E-state index in [0.717, 1.165) is 49.7 Å². The Kier molecular flexibility index (Phi) is 7.69. The van der Waals surface area contributed by atoms with Gasteiger partial charge in [0.1, 0.15) is 5.76 Å². The van der Waals surface area contributed by atoms with E-state index in [9.17, 15) is 0 Å². The highest BCUT2D eigenvalue weighted by atomic mass is 127. The third-order valence-electron chi connectivity index (χ3n) is 4.48. The van der Waals surface area contributed by atoms with Crippen molar-refractivity contribution in [1.82, 2.24) is 15.5 Å². The Hall–Kier alpha value is -0.760. The number of hydrogen-bond acceptors (Lipinski definition) is 3. The molecule has 6 heteroatoms. The fraction of sp³-hybridized carbons (Fsp3) is 0.706. The van der Waals surface area contributed by atoms with Gasteiger partial charge >= 0.3 is 0 Å². The van der Waals surface area contributed by atoms with Crippen LogP contribution in [0, 0.1) is 5.92 Å². The standard InChI is InChI=1S/C17H28N4O.HI/c1-2-18-17(19-9-7-16-4-3-11-22-16)20-12-14-8-10-21(13-14)15-5-6-15;/h3-4,11,14-15H,2,5-10,12-13H2,1H3,(H2,18,19,20);1H. The van der Waals surface area contributed by atoms with Gasteiger partial charge < -0.3 is 20.0 Å². The van der Waals surface area contributed by atoms with Crippen molar-refractivity contribution < 1.29 is 4.42 Å². The highest BCUT2D eigenvalue weighted by Crippen LogP contribution is 2.31. The molecule has 2 fully saturated rings. The van der Waals surface area contributed by atoms with Gasteiger partial charge in [0.15, 0.2) is 5.96 Å². The molecule has 0 aromatic carbocycles. The number of likely N-dealkylation sites (tertiary alicyclic amines) is 1. The van der Waals surface area contributed by atoms with E-state index >= 15 is 0 Å². The van der Waals surface area contributed by atoms with Crippen molar-refractivity contribution >= 4 is 29.9 Å². The average Bonchev–Trinajstić information content (AvgIpc) is 3.05. The van der Waals surface area contributed by atoms with Gasteiger partial charge in [-0.2, -0.15) is 0 Å². The van der Waals surface area contributed by atoms with Gasteiger partial charge in [-0.1, -0.05) is 0 Å². The third kappa shape index (κ3) is 5.99. The zero-order valence-corrected chi connectivity index (χ0v) is 16.3. The van der Waals surface area contributed by atoms with Gasteiger partial charge in [-0.05, 0) is 50.8 Å². The molecule has 3 rings (SSSR count). The number of guanidine groups is 1. The summed E-state index contributed by atoms with van der Waals surface area (Å²) >= 11 is 0. The van der Waals surface area contributed by atoms with Crippen LogP contribution in [0.25, 0.3) is 0 Å². The van der Waals surface area contributed by atoms with Crippen LogP contribution in [-0.2, 0) is 6.42 Å². The smallest absolute Gasteiger partial charge is 0.191 e. The third-order valence-corrected chi connectivity index (χ3v) is 4.48. The molecule has 23 heavy (non-hydrogen) atoms. The molecule has 5 nitrogen and oxygen atoms in total. The van der Waals surface area contributed by atoms with Crippen LogP contribution in [0.4, 0.5) is 0 Å². The molecule has 0 spiro atoms. The van der Waals surface area contributed by atoms with Gasteiger partial charge in [0.25, 0.3) is 0 Å². The summed E-state index contributed by atoms with van der Waals surface area (Å²) < 4.78 is 5.35. The summed E-state index contributed by atoms with van der Waals surface area (Å²) in [4.78, 5) is 7.42. The fourth-order valence-corrected chi connectivity index (χ4v) is 3.10. The lowest BCUT2D eigenvalue weighted by molar-refractivity contribution is 0.315. The average molecular weight is 432 g/mol. The van der Waals surface area contributed by atoms with Crippen molar-refractivity contribution in [3.05, 3.63) is 24.2 Å². The van der Waals surface area contributed by atoms with E-state index in [1.165, 1.54) is 32.4 Å². The van der Waals surface area contributed by atoms with Crippen LogP contribution in [0.5, 0.6) is 0 Å². The molecule has 1 aromatic heterocycles. The number of nitrogens with one attached hydrogen (secondary N) is 2. The van der Waals surface area contributed by atoms with Crippen molar-refractivity contribution in [1.29, 1.82) is 0 Å². The quantitative estimate of drug-likeness (QED) is 0.395. The van der Waals surface area contributed by atoms with Gasteiger partial charge in [0.2, 0.25) is 0 Å². The Morgan fingerprint density at radius 2 is 2.22 bits per heavy atom. The molecule has 1 aliphatic heterocycles. The monoisotopic (exact) mass is 432 g/mol. The van der Waals surface area contributed by atoms with Crippen LogP contribution < -0.4 is 10.6 Å². The predicted octanol–water partition coefficient (Wildman–Crippen LogP) is 2.48. The normalized spacial score (nSPS) is 22.0. The Morgan fingerprint density at radius 1 is 1.35 bits per heavy atom. The van der Waals surface area contributed by atoms with Crippen molar-refractivity contribution in [2.45, 2.75) is 38.6 Å². The molecule has 0 radical (unpaired) electrons. The number of furan rings is 1. The van der Waals surface area contributed by atoms with Gasteiger partial charge in [0, 0.05) is 38.6 Å². The highest BCUT2D eigenvalue weighted by Gasteiger charge is 2.34. The summed E-state index contributed by atoms with van der Waals surface area (Å²) in [5, 5.41) is 6.72. The molecule has 1 saturated carbocycles. The molecule has 1 atom stereocenters. The van der Waals surface area contributed by atoms with E-state index < -0.39 is 0 Å². The molecule has 2 N–H and O–H groups in total. The minimum absolute atomic E-state index is 0. The summed E-state index contributed by atoms with van der Waals surface area (Å²) in [6.45, 7) is 7.28. The number of hydrogen-bond donors (Lipinski definition) is 2. The lowest BCUT2D eigenvalue weighted by Gasteiger charge is -2.15. The topological polar surface area (TPSA) is 52.8 Å². The second-order valence-electron chi connectivity index (χ2n) is 6.36. The van der Waals surface area contributed by atoms with E-state index in [2.05, 4.69) is 22.5 Å². The summed E-state index contributed by atoms with van der Waals surface area (Å²) in [5.41, 5.74) is 0. The zero-order valence-electron chi connectivity index (χ0n) is 14.0. The van der Waals surface area contributed by atoms with E-state index in [-0.39, 0.29) is 24.0 Å². The first kappa shape index (κ1) is 18.6. The molecule has 0 amide bonds. The molecular formula is C17H29IN4O. The Morgan fingerprint density at radius 3 is 2.91 bits per heavy atom. The van der Waals surface area contributed by atoms with E-state index in [1.54, 1.807) is 6.26 Å². The van der Waals surface area contributed by atoms with E-state index in [0.29, 0.717) is 0 Å². The molecule has 0 bridgehead atoms. The van der Waals surface area contributed by atoms with Crippen LogP contribution in [-0.4, -0.2) is 49.6 Å². The van der Waals surface area contributed by atoms with Crippen molar-refractivity contribution in [2.75, 3.05) is 32.7 Å². The number of aliphatic imine (C=N–C) groups is 1. The van der Waals surface area contributed by atoms with Crippen LogP contribution >= 0.6 is 24.0 Å². The predicted molar refractivity (Wildman–Crippen MR) is 105 cm³/mol. The largest absolute Gasteiger partial charge is 0.469 e. The first-order valence-corrected chi connectivity index (χ1v) is 8.63. The van der Waals surface area contributed by atoms with Crippen LogP contribution in [0.1, 0.15) is 31.9 Å². The van der Waals surface area contributed by atoms with E-state index in [4.69, 9.17) is 9.41 Å². The lowest BCUT2D eigenvalue weighted by atomic mass is 10.1. The fourth-order valence-electron chi connectivity index (χ4n) is 3.10. The minimum atomic E-state index is 0. The summed E-state index contributed by atoms with van der Waals surface area (Å²) in [7, 11) is 0. The molecular weight excluding hydrogens is 403 g/mol. The second-order valence-corrected chi connectivity index (χ2v) is 6.36. The number of rotatable bonds is 7. The summed E-state index contributed by atoms with van der Waals surface area (Å²) in [6.07, 6.45) is 6.72. The SMILES string of the molecule is CCNC(=NCC1CCN(C2CC2)C1)NCCc1ccco1.I. The van der Waals surface area contributed by atoms with Crippen molar-refractivity contribution in [2.24, 2.45) is 10.9 Å². The molecule has 130 valence electrons. The zero-order chi connectivity index (χ0) is 15.2. The first-order valence-electron chi connectivity index (χ1n) is 8.63. The highest BCUT2D eigenvalue weighted by molar-refractivity contribution is 14.0. The second kappa shape index (κ2) is 9.52. The Balaban J connectivity index is 0.00000192.